The lowest BCUT2D eigenvalue weighted by molar-refractivity contribution is 0.0633. The molecule has 0 aromatic heterocycles. The second-order valence-corrected chi connectivity index (χ2v) is 7.90. The van der Waals surface area contributed by atoms with Crippen molar-refractivity contribution in [3.05, 3.63) is 65.5 Å². The lowest BCUT2D eigenvalue weighted by atomic mass is 10.0. The first-order chi connectivity index (χ1) is 12.4. The van der Waals surface area contributed by atoms with Crippen LogP contribution in [-0.2, 0) is 10.0 Å². The highest BCUT2D eigenvalue weighted by Gasteiger charge is 2.29. The molecule has 0 spiro atoms. The van der Waals surface area contributed by atoms with E-state index in [0.29, 0.717) is 25.2 Å². The highest BCUT2D eigenvalue weighted by Crippen LogP contribution is 2.25. The zero-order valence-electron chi connectivity index (χ0n) is 14.3. The van der Waals surface area contributed by atoms with Gasteiger partial charge in [0.25, 0.3) is 5.91 Å². The average molecular weight is 377 g/mol. The number of nitrogens with zero attached hydrogens (tertiary/aromatic N) is 1. The first-order valence-corrected chi connectivity index (χ1v) is 9.71. The third kappa shape index (κ3) is 3.77. The van der Waals surface area contributed by atoms with Crippen molar-refractivity contribution in [1.82, 2.24) is 14.9 Å². The van der Waals surface area contributed by atoms with E-state index < -0.39 is 10.0 Å². The van der Waals surface area contributed by atoms with Gasteiger partial charge >= 0.3 is 0 Å². The molecule has 2 N–H and O–H groups in total. The van der Waals surface area contributed by atoms with Crippen molar-refractivity contribution in [2.45, 2.75) is 10.9 Å². The molecule has 138 valence electrons. The summed E-state index contributed by atoms with van der Waals surface area (Å²) in [6.07, 6.45) is 0. The van der Waals surface area contributed by atoms with E-state index in [2.05, 4.69) is 10.0 Å². The van der Waals surface area contributed by atoms with Gasteiger partial charge < -0.3 is 10.2 Å². The summed E-state index contributed by atoms with van der Waals surface area (Å²) >= 11 is 0. The minimum Gasteiger partial charge on any atom is -0.329 e. The molecule has 1 heterocycles. The zero-order chi connectivity index (χ0) is 18.7. The number of carbonyl (C=O) groups is 1. The Kier molecular flexibility index (Phi) is 5.36. The lowest BCUT2D eigenvalue weighted by Crippen LogP contribution is -2.48. The second-order valence-electron chi connectivity index (χ2n) is 6.01. The molecule has 0 radical (unpaired) electrons. The predicted octanol–water partition coefficient (Wildman–Crippen LogP) is 1.52. The number of amides is 1. The van der Waals surface area contributed by atoms with Crippen LogP contribution in [0.15, 0.2) is 53.4 Å². The highest BCUT2D eigenvalue weighted by atomic mass is 32.2. The molecule has 1 atom stereocenters. The maximum atomic E-state index is 13.6. The van der Waals surface area contributed by atoms with Crippen LogP contribution in [-0.4, -0.2) is 45.9 Å². The number of rotatable bonds is 4. The van der Waals surface area contributed by atoms with E-state index in [0.717, 1.165) is 0 Å². The van der Waals surface area contributed by atoms with Gasteiger partial charge in [-0.1, -0.05) is 18.2 Å². The van der Waals surface area contributed by atoms with Gasteiger partial charge in [0, 0.05) is 25.2 Å². The van der Waals surface area contributed by atoms with E-state index in [-0.39, 0.29) is 28.2 Å². The van der Waals surface area contributed by atoms with E-state index >= 15 is 0 Å². The summed E-state index contributed by atoms with van der Waals surface area (Å²) in [7, 11) is -2.32. The van der Waals surface area contributed by atoms with Crippen LogP contribution in [0.3, 0.4) is 0 Å². The minimum atomic E-state index is -3.64. The molecule has 8 heteroatoms. The van der Waals surface area contributed by atoms with Crippen LogP contribution in [0.1, 0.15) is 22.0 Å². The molecule has 26 heavy (non-hydrogen) atoms. The fourth-order valence-corrected chi connectivity index (χ4v) is 3.81. The number of piperazine rings is 1. The van der Waals surface area contributed by atoms with Gasteiger partial charge in [-0.15, -0.1) is 0 Å². The third-order valence-electron chi connectivity index (χ3n) is 4.40. The summed E-state index contributed by atoms with van der Waals surface area (Å²) in [5.41, 5.74) is 0.981. The SMILES string of the molecule is CNS(=O)(=O)c1cccc(C(=O)N2CCNCC2c2cccc(F)c2)c1. The number of nitrogens with one attached hydrogen (secondary N) is 2. The number of halogens is 1. The van der Waals surface area contributed by atoms with Gasteiger partial charge in [0.05, 0.1) is 10.9 Å². The Morgan fingerprint density at radius 3 is 2.73 bits per heavy atom. The Morgan fingerprint density at radius 1 is 1.23 bits per heavy atom. The molecule has 2 aromatic rings. The van der Waals surface area contributed by atoms with Crippen molar-refractivity contribution >= 4 is 15.9 Å². The monoisotopic (exact) mass is 377 g/mol. The van der Waals surface area contributed by atoms with Crippen molar-refractivity contribution in [2.75, 3.05) is 26.7 Å². The Bertz CT molecular complexity index is 917. The summed E-state index contributed by atoms with van der Waals surface area (Å²) in [4.78, 5) is 14.7. The van der Waals surface area contributed by atoms with Crippen molar-refractivity contribution in [2.24, 2.45) is 0 Å². The van der Waals surface area contributed by atoms with Gasteiger partial charge in [-0.25, -0.2) is 17.5 Å². The fourth-order valence-electron chi connectivity index (χ4n) is 3.04. The smallest absolute Gasteiger partial charge is 0.254 e. The molecular weight excluding hydrogens is 357 g/mol. The second kappa shape index (κ2) is 7.53. The lowest BCUT2D eigenvalue weighted by Gasteiger charge is -2.36. The fraction of sp³-hybridized carbons (Fsp3) is 0.278. The van der Waals surface area contributed by atoms with Crippen LogP contribution in [0.25, 0.3) is 0 Å². The normalized spacial score (nSPS) is 17.9. The van der Waals surface area contributed by atoms with Crippen LogP contribution in [0.5, 0.6) is 0 Å². The predicted molar refractivity (Wildman–Crippen MR) is 95.7 cm³/mol. The van der Waals surface area contributed by atoms with Crippen LogP contribution >= 0.6 is 0 Å². The molecule has 1 aliphatic rings. The van der Waals surface area contributed by atoms with Crippen molar-refractivity contribution in [3.8, 4) is 0 Å². The summed E-state index contributed by atoms with van der Waals surface area (Å²) in [5.74, 6) is -0.642. The molecular formula is C18H20FN3O3S. The van der Waals surface area contributed by atoms with Crippen LogP contribution in [0.2, 0.25) is 0 Å². The number of carbonyl (C=O) groups excluding carboxylic acids is 1. The van der Waals surface area contributed by atoms with Crippen LogP contribution in [0.4, 0.5) is 4.39 Å². The Balaban J connectivity index is 1.93. The van der Waals surface area contributed by atoms with Crippen LogP contribution in [0, 0.1) is 5.82 Å². The van der Waals surface area contributed by atoms with Gasteiger partial charge in [0.1, 0.15) is 5.82 Å². The molecule has 1 unspecified atom stereocenters. The van der Waals surface area contributed by atoms with Gasteiger partial charge in [-0.2, -0.15) is 0 Å². The number of hydrogen-bond donors (Lipinski definition) is 2. The highest BCUT2D eigenvalue weighted by molar-refractivity contribution is 7.89. The number of sulfonamides is 1. The van der Waals surface area contributed by atoms with Gasteiger partial charge in [-0.3, -0.25) is 4.79 Å². The molecule has 6 nitrogen and oxygen atoms in total. The van der Waals surface area contributed by atoms with Crippen molar-refractivity contribution in [3.63, 3.8) is 0 Å². The van der Waals surface area contributed by atoms with E-state index in [1.165, 1.54) is 37.4 Å². The Hall–Kier alpha value is -2.29. The van der Waals surface area contributed by atoms with E-state index in [1.807, 2.05) is 0 Å². The first kappa shape index (κ1) is 18.5. The average Bonchev–Trinajstić information content (AvgIpc) is 2.67. The number of benzene rings is 2. The quantitative estimate of drug-likeness (QED) is 0.847. The number of hydrogen-bond acceptors (Lipinski definition) is 4. The molecule has 3 rings (SSSR count). The van der Waals surface area contributed by atoms with Gasteiger partial charge in [0.2, 0.25) is 10.0 Å². The standard InChI is InChI=1S/C18H20FN3O3S/c1-20-26(24,25)16-7-3-5-14(11-16)18(23)22-9-8-21-12-17(22)13-4-2-6-15(19)10-13/h2-7,10-11,17,20-21H,8-9,12H2,1H3. The maximum absolute atomic E-state index is 13.6. The molecule has 0 bridgehead atoms. The summed E-state index contributed by atoms with van der Waals surface area (Å²) < 4.78 is 39.8. The molecule has 0 aliphatic carbocycles. The van der Waals surface area contributed by atoms with Crippen molar-refractivity contribution < 1.29 is 17.6 Å². The largest absolute Gasteiger partial charge is 0.329 e. The van der Waals surface area contributed by atoms with Gasteiger partial charge in [0.15, 0.2) is 0 Å². The first-order valence-electron chi connectivity index (χ1n) is 8.23. The molecule has 1 amide bonds. The molecule has 1 aliphatic heterocycles. The van der Waals surface area contributed by atoms with Crippen molar-refractivity contribution in [1.29, 1.82) is 0 Å². The van der Waals surface area contributed by atoms with Crippen LogP contribution < -0.4 is 10.0 Å². The molecule has 1 saturated heterocycles. The molecule has 0 saturated carbocycles. The van der Waals surface area contributed by atoms with E-state index in [4.69, 9.17) is 0 Å². The third-order valence-corrected chi connectivity index (χ3v) is 5.81. The topological polar surface area (TPSA) is 78.5 Å². The summed E-state index contributed by atoms with van der Waals surface area (Å²) in [5, 5.41) is 3.21. The van der Waals surface area contributed by atoms with Gasteiger partial charge in [-0.05, 0) is 42.9 Å². The molecule has 1 fully saturated rings. The Morgan fingerprint density at radius 2 is 2.00 bits per heavy atom. The maximum Gasteiger partial charge on any atom is 0.254 e. The zero-order valence-corrected chi connectivity index (χ0v) is 15.1. The van der Waals surface area contributed by atoms with E-state index in [9.17, 15) is 17.6 Å². The van der Waals surface area contributed by atoms with E-state index in [1.54, 1.807) is 23.1 Å². The minimum absolute atomic E-state index is 0.0308. The summed E-state index contributed by atoms with van der Waals surface area (Å²) in [6, 6.07) is 11.8. The Labute approximate surface area is 152 Å². The summed E-state index contributed by atoms with van der Waals surface area (Å²) in [6.45, 7) is 1.57. The molecule has 2 aromatic carbocycles.